The number of hydrogen-bond acceptors (Lipinski definition) is 4. The third-order valence-electron chi connectivity index (χ3n) is 0.814. The number of hydrogen-bond donors (Lipinski definition) is 2. The van der Waals surface area contributed by atoms with E-state index in [-0.39, 0.29) is 0 Å². The second kappa shape index (κ2) is 3.38. The molecule has 1 heterocycles. The Morgan fingerprint density at radius 3 is 2.60 bits per heavy atom. The summed E-state index contributed by atoms with van der Waals surface area (Å²) in [7, 11) is -1.74. The highest BCUT2D eigenvalue weighted by Crippen LogP contribution is 2.28. The van der Waals surface area contributed by atoms with Crippen LogP contribution >= 0.6 is 27.3 Å². The van der Waals surface area contributed by atoms with Crippen molar-refractivity contribution in [2.75, 3.05) is 0 Å². The highest BCUT2D eigenvalue weighted by Gasteiger charge is 2.13. The van der Waals surface area contributed by atoms with Crippen LogP contribution in [-0.4, -0.2) is 17.4 Å². The van der Waals surface area contributed by atoms with E-state index in [1.54, 1.807) is 10.8 Å². The minimum absolute atomic E-state index is 0.444. The van der Waals surface area contributed by atoms with Gasteiger partial charge in [0, 0.05) is 10.8 Å². The monoisotopic (exact) mass is 222 g/mol. The average Bonchev–Trinajstić information content (AvgIpc) is 2.15. The number of halogens is 1. The molecule has 0 radical (unpaired) electrons. The summed E-state index contributed by atoms with van der Waals surface area (Å²) in [6, 6.07) is 0. The number of thiophene rings is 1. The Hall–Kier alpha value is -0.0351. The second-order valence-corrected chi connectivity index (χ2v) is 3.13. The van der Waals surface area contributed by atoms with E-state index in [0.29, 0.717) is 5.75 Å². The molecule has 0 aromatic carbocycles. The quantitative estimate of drug-likeness (QED) is 0.730. The Morgan fingerprint density at radius 1 is 1.50 bits per heavy atom. The highest BCUT2D eigenvalue weighted by atomic mass is 79.9. The van der Waals surface area contributed by atoms with Gasteiger partial charge in [-0.05, 0) is 15.9 Å². The second-order valence-electron chi connectivity index (χ2n) is 1.53. The molecule has 0 aliphatic rings. The minimum Gasteiger partial charge on any atom is -0.510 e. The average molecular weight is 223 g/mol. The molecule has 0 aliphatic carbocycles. The lowest BCUT2D eigenvalue weighted by molar-refractivity contribution is 0.288. The molecule has 1 aromatic heterocycles. The molecule has 0 bridgehead atoms. The molecule has 0 saturated heterocycles. The summed E-state index contributed by atoms with van der Waals surface area (Å²) >= 11 is 4.57. The van der Waals surface area contributed by atoms with Crippen molar-refractivity contribution in [1.29, 1.82) is 0 Å². The lowest BCUT2D eigenvalue weighted by Gasteiger charge is -2.00. The van der Waals surface area contributed by atoms with Gasteiger partial charge in [0.1, 0.15) is 5.75 Å². The Kier molecular flexibility index (Phi) is 2.73. The molecule has 0 aliphatic heterocycles. The van der Waals surface area contributed by atoms with Crippen molar-refractivity contribution >= 4 is 34.6 Å². The van der Waals surface area contributed by atoms with Gasteiger partial charge < -0.3 is 14.7 Å². The van der Waals surface area contributed by atoms with Gasteiger partial charge in [0.2, 0.25) is 0 Å². The largest absolute Gasteiger partial charge is 0.707 e. The standard InChI is InChI=1S/C4H4BBrO3S/c6-3-1-10-2-4(3)9-5(7)8/h1-2,7-8H. The molecule has 2 N–H and O–H groups in total. The first-order valence-electron chi connectivity index (χ1n) is 2.44. The summed E-state index contributed by atoms with van der Waals surface area (Å²) in [4.78, 5) is 0. The third kappa shape index (κ3) is 1.98. The van der Waals surface area contributed by atoms with Crippen molar-refractivity contribution in [2.45, 2.75) is 0 Å². The normalized spacial score (nSPS) is 9.50. The van der Waals surface area contributed by atoms with Crippen LogP contribution in [0.5, 0.6) is 5.75 Å². The lowest BCUT2D eigenvalue weighted by Crippen LogP contribution is -2.20. The first-order chi connectivity index (χ1) is 4.70. The number of rotatable bonds is 2. The Bertz CT molecular complexity index is 214. The molecule has 3 nitrogen and oxygen atoms in total. The Labute approximate surface area is 70.6 Å². The van der Waals surface area contributed by atoms with Gasteiger partial charge >= 0.3 is 7.32 Å². The van der Waals surface area contributed by atoms with Crippen LogP contribution in [0.4, 0.5) is 0 Å². The molecular formula is C4H4BBrO3S. The van der Waals surface area contributed by atoms with Crippen LogP contribution in [0, 0.1) is 0 Å². The van der Waals surface area contributed by atoms with E-state index in [2.05, 4.69) is 20.6 Å². The highest BCUT2D eigenvalue weighted by molar-refractivity contribution is 9.10. The lowest BCUT2D eigenvalue weighted by atomic mass is 10.2. The first-order valence-corrected chi connectivity index (χ1v) is 4.18. The molecule has 0 spiro atoms. The molecule has 0 amide bonds. The zero-order valence-electron chi connectivity index (χ0n) is 4.82. The van der Waals surface area contributed by atoms with Crippen molar-refractivity contribution in [3.63, 3.8) is 0 Å². The van der Waals surface area contributed by atoms with Crippen LogP contribution < -0.4 is 4.65 Å². The maximum atomic E-state index is 8.37. The van der Waals surface area contributed by atoms with E-state index in [4.69, 9.17) is 10.0 Å². The maximum absolute atomic E-state index is 8.37. The van der Waals surface area contributed by atoms with Gasteiger partial charge in [0.25, 0.3) is 0 Å². The van der Waals surface area contributed by atoms with E-state index in [1.807, 2.05) is 0 Å². The topological polar surface area (TPSA) is 49.7 Å². The zero-order valence-corrected chi connectivity index (χ0v) is 7.22. The zero-order chi connectivity index (χ0) is 7.56. The summed E-state index contributed by atoms with van der Waals surface area (Å²) in [6.45, 7) is 0. The van der Waals surface area contributed by atoms with Gasteiger partial charge in [-0.25, -0.2) is 0 Å². The van der Waals surface area contributed by atoms with Crippen molar-refractivity contribution in [2.24, 2.45) is 0 Å². The van der Waals surface area contributed by atoms with E-state index < -0.39 is 7.32 Å². The molecule has 10 heavy (non-hydrogen) atoms. The van der Waals surface area contributed by atoms with Crippen molar-refractivity contribution in [1.82, 2.24) is 0 Å². The molecule has 0 fully saturated rings. The van der Waals surface area contributed by atoms with Crippen molar-refractivity contribution in [3.05, 3.63) is 15.2 Å². The fourth-order valence-electron chi connectivity index (χ4n) is 0.468. The van der Waals surface area contributed by atoms with E-state index in [9.17, 15) is 0 Å². The van der Waals surface area contributed by atoms with Gasteiger partial charge in [-0.1, -0.05) is 0 Å². The fraction of sp³-hybridized carbons (Fsp3) is 0. The van der Waals surface area contributed by atoms with Crippen LogP contribution in [-0.2, 0) is 0 Å². The molecule has 54 valence electrons. The van der Waals surface area contributed by atoms with E-state index in [0.717, 1.165) is 4.47 Å². The van der Waals surface area contributed by atoms with Crippen LogP contribution in [0.15, 0.2) is 15.2 Å². The molecule has 1 rings (SSSR count). The molecular weight excluding hydrogens is 219 g/mol. The molecule has 1 aromatic rings. The summed E-state index contributed by atoms with van der Waals surface area (Å²) in [5.41, 5.74) is 0. The van der Waals surface area contributed by atoms with Crippen molar-refractivity contribution < 1.29 is 14.7 Å². The predicted molar refractivity (Wildman–Crippen MR) is 42.8 cm³/mol. The van der Waals surface area contributed by atoms with Gasteiger partial charge in [-0.3, -0.25) is 0 Å². The molecule has 0 unspecified atom stereocenters. The summed E-state index contributed by atoms with van der Waals surface area (Å²) in [5, 5.41) is 20.2. The van der Waals surface area contributed by atoms with Crippen LogP contribution in [0.1, 0.15) is 0 Å². The van der Waals surface area contributed by atoms with Crippen molar-refractivity contribution in [3.8, 4) is 5.75 Å². The summed E-state index contributed by atoms with van der Waals surface area (Å²) in [5.74, 6) is 0.444. The first kappa shape index (κ1) is 8.07. The van der Waals surface area contributed by atoms with Gasteiger partial charge in [0.05, 0.1) is 4.47 Å². The van der Waals surface area contributed by atoms with Crippen LogP contribution in [0.2, 0.25) is 0 Å². The van der Waals surface area contributed by atoms with Gasteiger partial charge in [0.15, 0.2) is 0 Å². The molecule has 6 heteroatoms. The Morgan fingerprint density at radius 2 is 2.20 bits per heavy atom. The SMILES string of the molecule is OB(O)Oc1cscc1Br. The van der Waals surface area contributed by atoms with Crippen LogP contribution in [0.3, 0.4) is 0 Å². The molecule has 0 saturated carbocycles. The summed E-state index contributed by atoms with van der Waals surface area (Å²) < 4.78 is 5.29. The smallest absolute Gasteiger partial charge is 0.510 e. The third-order valence-corrected chi connectivity index (χ3v) is 2.46. The minimum atomic E-state index is -1.74. The maximum Gasteiger partial charge on any atom is 0.707 e. The van der Waals surface area contributed by atoms with E-state index >= 15 is 0 Å². The van der Waals surface area contributed by atoms with E-state index in [1.165, 1.54) is 11.3 Å². The fourth-order valence-corrected chi connectivity index (χ4v) is 1.76. The van der Waals surface area contributed by atoms with Gasteiger partial charge in [-0.2, -0.15) is 0 Å². The van der Waals surface area contributed by atoms with Crippen LogP contribution in [0.25, 0.3) is 0 Å². The van der Waals surface area contributed by atoms with Gasteiger partial charge in [-0.15, -0.1) is 11.3 Å². The Balaban J connectivity index is 2.65. The predicted octanol–water partition coefficient (Wildman–Crippen LogP) is 0.859. The molecule has 0 atom stereocenters. The summed E-state index contributed by atoms with van der Waals surface area (Å²) in [6.07, 6.45) is 0.